The predicted molar refractivity (Wildman–Crippen MR) is 106 cm³/mol. The molecule has 8 nitrogen and oxygen atoms in total. The second-order valence-corrected chi connectivity index (χ2v) is 8.29. The molecule has 1 N–H and O–H groups in total. The largest absolute Gasteiger partial charge is 0.289 e. The fourth-order valence-corrected chi connectivity index (χ4v) is 4.43. The van der Waals surface area contributed by atoms with Gasteiger partial charge in [-0.1, -0.05) is 29.8 Å². The topological polar surface area (TPSA) is 107 Å². The zero-order valence-electron chi connectivity index (χ0n) is 15.4. The van der Waals surface area contributed by atoms with E-state index in [4.69, 9.17) is 11.6 Å². The number of benzene rings is 2. The molecule has 29 heavy (non-hydrogen) atoms. The van der Waals surface area contributed by atoms with Gasteiger partial charge in [-0.3, -0.25) is 19.5 Å². The second-order valence-electron chi connectivity index (χ2n) is 6.23. The zero-order valence-corrected chi connectivity index (χ0v) is 17.0. The van der Waals surface area contributed by atoms with Crippen molar-refractivity contribution in [3.05, 3.63) is 80.4 Å². The van der Waals surface area contributed by atoms with Gasteiger partial charge in [-0.05, 0) is 32.0 Å². The van der Waals surface area contributed by atoms with Crippen molar-refractivity contribution in [2.24, 2.45) is 0 Å². The fraction of sp³-hybridized carbons (Fsp3) is 0.167. The van der Waals surface area contributed by atoms with Gasteiger partial charge in [0, 0.05) is 16.7 Å². The van der Waals surface area contributed by atoms with Gasteiger partial charge in [0.1, 0.15) is 5.82 Å². The Balaban J connectivity index is 1.99. The molecule has 0 amide bonds. The van der Waals surface area contributed by atoms with E-state index in [1.54, 1.807) is 19.9 Å². The minimum absolute atomic E-state index is 0.00854. The number of hydrogen-bond donors (Lipinski definition) is 1. The first-order chi connectivity index (χ1) is 13.6. The SMILES string of the molecule is Cc1nn(Cc2c(F)cccc2Cl)c(C)c1NS(=O)(=O)c1ccccc1[N+](=O)[O-]. The first-order valence-corrected chi connectivity index (χ1v) is 10.2. The number of halogens is 2. The molecule has 0 aliphatic heterocycles. The number of nitrogens with zero attached hydrogens (tertiary/aromatic N) is 3. The summed E-state index contributed by atoms with van der Waals surface area (Å²) in [6, 6.07) is 9.32. The van der Waals surface area contributed by atoms with Crippen LogP contribution in [0.3, 0.4) is 0 Å². The maximum Gasteiger partial charge on any atom is 0.289 e. The molecule has 0 saturated heterocycles. The van der Waals surface area contributed by atoms with E-state index < -0.39 is 31.3 Å². The smallest absolute Gasteiger partial charge is 0.276 e. The molecule has 2 aromatic carbocycles. The lowest BCUT2D eigenvalue weighted by atomic mass is 10.2. The van der Waals surface area contributed by atoms with Crippen LogP contribution in [0.25, 0.3) is 0 Å². The molecule has 152 valence electrons. The quantitative estimate of drug-likeness (QED) is 0.461. The normalized spacial score (nSPS) is 11.4. The number of rotatable bonds is 6. The first-order valence-electron chi connectivity index (χ1n) is 8.35. The van der Waals surface area contributed by atoms with E-state index in [9.17, 15) is 22.9 Å². The van der Waals surface area contributed by atoms with E-state index in [1.165, 1.54) is 28.9 Å². The monoisotopic (exact) mass is 438 g/mol. The van der Waals surface area contributed by atoms with E-state index in [-0.39, 0.29) is 22.8 Å². The summed E-state index contributed by atoms with van der Waals surface area (Å²) in [5.41, 5.74) is 0.574. The van der Waals surface area contributed by atoms with E-state index in [0.29, 0.717) is 11.4 Å². The molecule has 0 radical (unpaired) electrons. The Morgan fingerprint density at radius 1 is 1.21 bits per heavy atom. The second kappa shape index (κ2) is 7.80. The third-order valence-corrected chi connectivity index (χ3v) is 6.09. The van der Waals surface area contributed by atoms with Crippen LogP contribution in [0.5, 0.6) is 0 Å². The van der Waals surface area contributed by atoms with E-state index >= 15 is 0 Å². The highest BCUT2D eigenvalue weighted by Crippen LogP contribution is 2.29. The summed E-state index contributed by atoms with van der Waals surface area (Å²) < 4.78 is 43.4. The summed E-state index contributed by atoms with van der Waals surface area (Å²) in [4.78, 5) is 9.94. The van der Waals surface area contributed by atoms with Gasteiger partial charge in [-0.2, -0.15) is 5.10 Å². The Labute approximate surface area is 171 Å². The zero-order chi connectivity index (χ0) is 21.3. The number of aryl methyl sites for hydroxylation is 1. The highest BCUT2D eigenvalue weighted by Gasteiger charge is 2.27. The van der Waals surface area contributed by atoms with Gasteiger partial charge in [0.2, 0.25) is 0 Å². The maximum atomic E-state index is 14.1. The van der Waals surface area contributed by atoms with Gasteiger partial charge in [0.05, 0.1) is 28.5 Å². The fourth-order valence-electron chi connectivity index (χ4n) is 2.86. The predicted octanol–water partition coefficient (Wildman–Crippen LogP) is 4.05. The highest BCUT2D eigenvalue weighted by molar-refractivity contribution is 7.92. The number of anilines is 1. The maximum absolute atomic E-state index is 14.1. The molecule has 1 aromatic heterocycles. The van der Waals surface area contributed by atoms with E-state index in [2.05, 4.69) is 9.82 Å². The number of sulfonamides is 1. The third-order valence-electron chi connectivity index (χ3n) is 4.34. The molecular formula is C18H16ClFN4O4S. The summed E-state index contributed by atoms with van der Waals surface area (Å²) in [5, 5.41) is 15.7. The lowest BCUT2D eigenvalue weighted by Gasteiger charge is -2.10. The van der Waals surface area contributed by atoms with Gasteiger partial charge < -0.3 is 0 Å². The van der Waals surface area contributed by atoms with Crippen LogP contribution < -0.4 is 4.72 Å². The molecule has 0 saturated carbocycles. The van der Waals surface area contributed by atoms with Crippen LogP contribution in [0.2, 0.25) is 5.02 Å². The van der Waals surface area contributed by atoms with Gasteiger partial charge >= 0.3 is 0 Å². The van der Waals surface area contributed by atoms with E-state index in [1.807, 2.05) is 0 Å². The molecule has 0 unspecified atom stereocenters. The first kappa shape index (κ1) is 20.7. The van der Waals surface area contributed by atoms with Crippen LogP contribution in [0, 0.1) is 29.8 Å². The Kier molecular flexibility index (Phi) is 5.58. The van der Waals surface area contributed by atoms with E-state index in [0.717, 1.165) is 12.1 Å². The number of para-hydroxylation sites is 1. The minimum atomic E-state index is -4.25. The molecule has 0 atom stereocenters. The molecule has 0 fully saturated rings. The lowest BCUT2D eigenvalue weighted by Crippen LogP contribution is -2.16. The van der Waals surface area contributed by atoms with Crippen molar-refractivity contribution in [2.75, 3.05) is 4.72 Å². The van der Waals surface area contributed by atoms with Crippen LogP contribution in [-0.2, 0) is 16.6 Å². The Bertz CT molecular complexity index is 1190. The molecule has 11 heteroatoms. The molecule has 0 aliphatic carbocycles. The number of nitro benzene ring substituents is 1. The summed E-state index contributed by atoms with van der Waals surface area (Å²) in [5.74, 6) is -0.507. The van der Waals surface area contributed by atoms with Crippen LogP contribution in [0.15, 0.2) is 47.4 Å². The summed E-state index contributed by atoms with van der Waals surface area (Å²) in [6.45, 7) is 3.17. The van der Waals surface area contributed by atoms with Gasteiger partial charge in [0.15, 0.2) is 4.90 Å². The molecule has 1 heterocycles. The van der Waals surface area contributed by atoms with Gasteiger partial charge in [0.25, 0.3) is 15.7 Å². The van der Waals surface area contributed by atoms with Crippen molar-refractivity contribution in [2.45, 2.75) is 25.3 Å². The summed E-state index contributed by atoms with van der Waals surface area (Å²) in [6.07, 6.45) is 0. The van der Waals surface area contributed by atoms with Crippen molar-refractivity contribution in [1.82, 2.24) is 9.78 Å². The molecular weight excluding hydrogens is 423 g/mol. The van der Waals surface area contributed by atoms with Gasteiger partial charge in [-0.25, -0.2) is 12.8 Å². The van der Waals surface area contributed by atoms with Crippen LogP contribution in [0.4, 0.5) is 15.8 Å². The average Bonchev–Trinajstić information content (AvgIpc) is 2.92. The minimum Gasteiger partial charge on any atom is -0.276 e. The van der Waals surface area contributed by atoms with Crippen molar-refractivity contribution < 1.29 is 17.7 Å². The van der Waals surface area contributed by atoms with Crippen LogP contribution in [-0.4, -0.2) is 23.1 Å². The highest BCUT2D eigenvalue weighted by atomic mass is 35.5. The third kappa shape index (κ3) is 4.08. The molecule has 0 bridgehead atoms. The average molecular weight is 439 g/mol. The molecule has 3 rings (SSSR count). The van der Waals surface area contributed by atoms with Crippen molar-refractivity contribution >= 4 is 33.0 Å². The molecule has 3 aromatic rings. The van der Waals surface area contributed by atoms with Crippen LogP contribution in [0.1, 0.15) is 17.0 Å². The van der Waals surface area contributed by atoms with Gasteiger partial charge in [-0.15, -0.1) is 0 Å². The van der Waals surface area contributed by atoms with Crippen LogP contribution >= 0.6 is 11.6 Å². The van der Waals surface area contributed by atoms with Crippen molar-refractivity contribution in [3.63, 3.8) is 0 Å². The Morgan fingerprint density at radius 3 is 2.55 bits per heavy atom. The number of nitro groups is 1. The van der Waals surface area contributed by atoms with Crippen molar-refractivity contribution in [1.29, 1.82) is 0 Å². The number of hydrogen-bond acceptors (Lipinski definition) is 5. The number of aromatic nitrogens is 2. The standard InChI is InChI=1S/C18H16ClFN4O4S/c1-11-18(22-29(27,28)17-9-4-3-8-16(17)24(25)26)12(2)23(21-11)10-13-14(19)6-5-7-15(13)20/h3-9,22H,10H2,1-2H3. The number of nitrogens with one attached hydrogen (secondary N) is 1. The lowest BCUT2D eigenvalue weighted by molar-refractivity contribution is -0.387. The molecule has 0 aliphatic rings. The molecule has 0 spiro atoms. The Morgan fingerprint density at radius 2 is 1.90 bits per heavy atom. The summed E-state index contributed by atoms with van der Waals surface area (Å²) in [7, 11) is -4.25. The van der Waals surface area contributed by atoms with Crippen molar-refractivity contribution in [3.8, 4) is 0 Å². The summed E-state index contributed by atoms with van der Waals surface area (Å²) >= 11 is 6.06. The Hall–Kier alpha value is -2.98.